The zero-order valence-electron chi connectivity index (χ0n) is 13.5. The Morgan fingerprint density at radius 2 is 2.33 bits per heavy atom. The molecule has 0 radical (unpaired) electrons. The van der Waals surface area contributed by atoms with Crippen LogP contribution in [0.2, 0.25) is 5.02 Å². The van der Waals surface area contributed by atoms with Crippen molar-refractivity contribution in [1.82, 2.24) is 9.88 Å². The van der Waals surface area contributed by atoms with E-state index in [1.807, 2.05) is 0 Å². The molecular weight excluding hydrogens is 336 g/mol. The zero-order valence-corrected chi connectivity index (χ0v) is 14.2. The van der Waals surface area contributed by atoms with Crippen molar-refractivity contribution in [2.45, 2.75) is 38.5 Å². The van der Waals surface area contributed by atoms with Crippen molar-refractivity contribution < 1.29 is 24.2 Å². The highest BCUT2D eigenvalue weighted by Gasteiger charge is 2.44. The summed E-state index contributed by atoms with van der Waals surface area (Å²) in [5.41, 5.74) is 0.949. The topological polar surface area (TPSA) is 89.0 Å². The molecule has 1 amide bonds. The van der Waals surface area contributed by atoms with Crippen LogP contribution in [-0.4, -0.2) is 52.4 Å². The highest BCUT2D eigenvalue weighted by atomic mass is 35.5. The molecule has 1 saturated heterocycles. The molecule has 2 aliphatic rings. The zero-order chi connectivity index (χ0) is 17.5. The van der Waals surface area contributed by atoms with Gasteiger partial charge in [-0.1, -0.05) is 11.6 Å². The number of carbonyl (C=O) groups excluding carboxylic acids is 1. The lowest BCUT2D eigenvalue weighted by molar-refractivity contribution is -0.110. The van der Waals surface area contributed by atoms with Crippen LogP contribution in [0.3, 0.4) is 0 Å². The minimum Gasteiger partial charge on any atom is -0.474 e. The van der Waals surface area contributed by atoms with Crippen molar-refractivity contribution in [2.24, 2.45) is 5.92 Å². The Balaban J connectivity index is 1.72. The predicted molar refractivity (Wildman–Crippen MR) is 85.4 cm³/mol. The molecule has 0 bridgehead atoms. The molecule has 1 unspecified atom stereocenters. The maximum absolute atomic E-state index is 11.4. The van der Waals surface area contributed by atoms with Crippen LogP contribution in [0.25, 0.3) is 0 Å². The van der Waals surface area contributed by atoms with E-state index in [-0.39, 0.29) is 25.0 Å². The number of carboxylic acid groups (broad SMARTS) is 1. The number of fused-ring (bicyclic) bond motifs is 1. The average molecular weight is 355 g/mol. The van der Waals surface area contributed by atoms with E-state index >= 15 is 0 Å². The first-order chi connectivity index (χ1) is 11.3. The second-order valence-electron chi connectivity index (χ2n) is 6.56. The fourth-order valence-corrected chi connectivity index (χ4v) is 3.62. The minimum atomic E-state index is -1.06. The first-order valence-electron chi connectivity index (χ1n) is 7.74. The molecule has 1 aromatic heterocycles. The molecule has 24 heavy (non-hydrogen) atoms. The van der Waals surface area contributed by atoms with Crippen molar-refractivity contribution in [3.05, 3.63) is 22.3 Å². The molecule has 130 valence electrons. The molecule has 7 nitrogen and oxygen atoms in total. The van der Waals surface area contributed by atoms with Crippen LogP contribution in [0, 0.1) is 5.92 Å². The van der Waals surface area contributed by atoms with Gasteiger partial charge in [-0.3, -0.25) is 4.90 Å². The van der Waals surface area contributed by atoms with Gasteiger partial charge in [-0.15, -0.1) is 0 Å². The van der Waals surface area contributed by atoms with Crippen LogP contribution in [0.15, 0.2) is 6.20 Å². The summed E-state index contributed by atoms with van der Waals surface area (Å²) in [6.45, 7) is 3.73. The lowest BCUT2D eigenvalue weighted by Gasteiger charge is -2.30. The maximum atomic E-state index is 11.4. The van der Waals surface area contributed by atoms with Crippen molar-refractivity contribution in [2.75, 3.05) is 13.2 Å². The third-order valence-corrected chi connectivity index (χ3v) is 4.90. The van der Waals surface area contributed by atoms with Crippen molar-refractivity contribution in [1.29, 1.82) is 0 Å². The molecule has 1 fully saturated rings. The number of hydrogen-bond acceptors (Lipinski definition) is 5. The number of rotatable bonds is 4. The summed E-state index contributed by atoms with van der Waals surface area (Å²) >= 11 is 6.35. The number of ether oxygens (including phenoxy) is 2. The summed E-state index contributed by atoms with van der Waals surface area (Å²) in [5, 5.41) is 9.77. The largest absolute Gasteiger partial charge is 0.474 e. The second-order valence-corrected chi connectivity index (χ2v) is 6.94. The number of halogens is 1. The number of amides is 1. The van der Waals surface area contributed by atoms with Crippen LogP contribution in [0.1, 0.15) is 25.0 Å². The maximum Gasteiger partial charge on any atom is 0.410 e. The summed E-state index contributed by atoms with van der Waals surface area (Å²) in [7, 11) is 0. The lowest BCUT2D eigenvalue weighted by Crippen LogP contribution is -2.49. The Labute approximate surface area is 144 Å². The molecule has 1 aromatic rings. The first-order valence-corrected chi connectivity index (χ1v) is 8.12. The van der Waals surface area contributed by atoms with Gasteiger partial charge in [0, 0.05) is 12.1 Å². The summed E-state index contributed by atoms with van der Waals surface area (Å²) in [6.07, 6.45) is 2.76. The average Bonchev–Trinajstić information content (AvgIpc) is 3.07. The monoisotopic (exact) mass is 354 g/mol. The van der Waals surface area contributed by atoms with Gasteiger partial charge in [-0.05, 0) is 37.8 Å². The van der Waals surface area contributed by atoms with E-state index in [0.717, 1.165) is 17.4 Å². The molecule has 2 atom stereocenters. The summed E-state index contributed by atoms with van der Waals surface area (Å²) in [5.74, 6) is 0.193. The Bertz CT molecular complexity index is 679. The predicted octanol–water partition coefficient (Wildman–Crippen LogP) is 2.14. The van der Waals surface area contributed by atoms with Crippen molar-refractivity contribution in [3.63, 3.8) is 0 Å². The third-order valence-electron chi connectivity index (χ3n) is 4.51. The third kappa shape index (κ3) is 2.93. The molecule has 2 heterocycles. The second kappa shape index (κ2) is 6.22. The molecule has 0 aromatic carbocycles. The smallest absolute Gasteiger partial charge is 0.410 e. The molecule has 1 aliphatic carbocycles. The number of pyridine rings is 1. The van der Waals surface area contributed by atoms with Gasteiger partial charge < -0.3 is 19.4 Å². The molecular formula is C16H19ClN2O5. The SMILES string of the molecule is CC1(C)OC[C@H](COc2ncc3c(c2Cl)CC(C=O)C3)N1C(=O)O. The van der Waals surface area contributed by atoms with E-state index in [1.165, 1.54) is 4.90 Å². The van der Waals surface area contributed by atoms with Crippen LogP contribution >= 0.6 is 11.6 Å². The lowest BCUT2D eigenvalue weighted by atomic mass is 10.1. The fraction of sp³-hybridized carbons (Fsp3) is 0.562. The van der Waals surface area contributed by atoms with E-state index in [0.29, 0.717) is 17.9 Å². The van der Waals surface area contributed by atoms with E-state index < -0.39 is 17.9 Å². The number of aldehydes is 1. The molecule has 1 aliphatic heterocycles. The first kappa shape index (κ1) is 17.0. The van der Waals surface area contributed by atoms with Crippen LogP contribution < -0.4 is 4.74 Å². The van der Waals surface area contributed by atoms with Gasteiger partial charge in [0.2, 0.25) is 5.88 Å². The quantitative estimate of drug-likeness (QED) is 0.833. The minimum absolute atomic E-state index is 0.0684. The molecule has 0 spiro atoms. The van der Waals surface area contributed by atoms with E-state index in [4.69, 9.17) is 21.1 Å². The Kier molecular flexibility index (Phi) is 4.40. The molecule has 1 N–H and O–H groups in total. The van der Waals surface area contributed by atoms with Gasteiger partial charge >= 0.3 is 6.09 Å². The fourth-order valence-electron chi connectivity index (χ4n) is 3.32. The number of hydrogen-bond donors (Lipinski definition) is 1. The number of aromatic nitrogens is 1. The standard InChI is InChI=1S/C16H19ClN2O5/c1-16(2)19(15(21)22)11(8-24-16)7-23-14-13(17)12-4-9(6-20)3-10(12)5-18-14/h5-6,9,11H,3-4,7-8H2,1-2H3,(H,21,22)/t9?,11-/m0/s1. The van der Waals surface area contributed by atoms with E-state index in [1.54, 1.807) is 20.0 Å². The molecule has 8 heteroatoms. The molecule has 0 saturated carbocycles. The Morgan fingerprint density at radius 3 is 3.00 bits per heavy atom. The van der Waals surface area contributed by atoms with Gasteiger partial charge in [0.05, 0.1) is 12.6 Å². The van der Waals surface area contributed by atoms with Gasteiger partial charge in [0.15, 0.2) is 0 Å². The van der Waals surface area contributed by atoms with Gasteiger partial charge in [0.1, 0.15) is 23.6 Å². The van der Waals surface area contributed by atoms with Crippen LogP contribution in [0.4, 0.5) is 4.79 Å². The van der Waals surface area contributed by atoms with E-state index in [2.05, 4.69) is 4.98 Å². The van der Waals surface area contributed by atoms with E-state index in [9.17, 15) is 14.7 Å². The number of nitrogens with zero attached hydrogens (tertiary/aromatic N) is 2. The van der Waals surface area contributed by atoms with Crippen molar-refractivity contribution in [3.8, 4) is 5.88 Å². The van der Waals surface area contributed by atoms with Crippen LogP contribution in [-0.2, 0) is 22.4 Å². The highest BCUT2D eigenvalue weighted by molar-refractivity contribution is 6.32. The summed E-state index contributed by atoms with van der Waals surface area (Å²) in [6, 6.07) is -0.439. The van der Waals surface area contributed by atoms with Crippen molar-refractivity contribution >= 4 is 24.0 Å². The van der Waals surface area contributed by atoms with Gasteiger partial charge in [-0.2, -0.15) is 0 Å². The normalized spacial score (nSPS) is 24.7. The Morgan fingerprint density at radius 1 is 1.58 bits per heavy atom. The Hall–Kier alpha value is -1.86. The van der Waals surface area contributed by atoms with Crippen LogP contribution in [0.5, 0.6) is 5.88 Å². The molecule has 3 rings (SSSR count). The van der Waals surface area contributed by atoms with Gasteiger partial charge in [0.25, 0.3) is 0 Å². The summed E-state index contributed by atoms with van der Waals surface area (Å²) in [4.78, 5) is 27.8. The highest BCUT2D eigenvalue weighted by Crippen LogP contribution is 2.36. The summed E-state index contributed by atoms with van der Waals surface area (Å²) < 4.78 is 11.2. The van der Waals surface area contributed by atoms with Gasteiger partial charge in [-0.25, -0.2) is 9.78 Å². The number of carbonyl (C=O) groups is 2.